The van der Waals surface area contributed by atoms with Gasteiger partial charge in [-0.15, -0.1) is 0 Å². The van der Waals surface area contributed by atoms with Crippen LogP contribution in [-0.2, 0) is 4.79 Å². The SMILES string of the molecule is CCC(CC)NC(=O)C(C)NCCC1CCC1. The molecule has 1 amide bonds. The molecule has 100 valence electrons. The van der Waals surface area contributed by atoms with E-state index in [2.05, 4.69) is 24.5 Å². The molecular formula is C14H28N2O. The predicted octanol–water partition coefficient (Wildman–Crippen LogP) is 2.46. The molecule has 0 aliphatic heterocycles. The maximum absolute atomic E-state index is 11.9. The smallest absolute Gasteiger partial charge is 0.237 e. The fourth-order valence-corrected chi connectivity index (χ4v) is 2.20. The van der Waals surface area contributed by atoms with Gasteiger partial charge in [0.05, 0.1) is 6.04 Å². The molecule has 0 aromatic rings. The van der Waals surface area contributed by atoms with Crippen LogP contribution < -0.4 is 10.6 Å². The lowest BCUT2D eigenvalue weighted by Crippen LogP contribution is -2.46. The van der Waals surface area contributed by atoms with Gasteiger partial charge in [-0.1, -0.05) is 33.1 Å². The van der Waals surface area contributed by atoms with Crippen LogP contribution in [0, 0.1) is 5.92 Å². The van der Waals surface area contributed by atoms with Crippen molar-refractivity contribution in [2.75, 3.05) is 6.54 Å². The molecule has 0 bridgehead atoms. The zero-order chi connectivity index (χ0) is 12.7. The van der Waals surface area contributed by atoms with Gasteiger partial charge in [0.25, 0.3) is 0 Å². The van der Waals surface area contributed by atoms with Gasteiger partial charge in [-0.25, -0.2) is 0 Å². The molecule has 1 saturated carbocycles. The number of carbonyl (C=O) groups is 1. The second kappa shape index (κ2) is 7.70. The molecule has 3 nitrogen and oxygen atoms in total. The topological polar surface area (TPSA) is 41.1 Å². The van der Waals surface area contributed by atoms with Crippen molar-refractivity contribution >= 4 is 5.91 Å². The highest BCUT2D eigenvalue weighted by molar-refractivity contribution is 5.81. The Morgan fingerprint density at radius 3 is 2.41 bits per heavy atom. The Kier molecular flexibility index (Phi) is 6.56. The average Bonchev–Trinajstić information content (AvgIpc) is 2.28. The van der Waals surface area contributed by atoms with Gasteiger partial charge in [-0.05, 0) is 38.6 Å². The van der Waals surface area contributed by atoms with Gasteiger partial charge in [0, 0.05) is 6.04 Å². The third-order valence-corrected chi connectivity index (χ3v) is 3.95. The summed E-state index contributed by atoms with van der Waals surface area (Å²) in [4.78, 5) is 11.9. The van der Waals surface area contributed by atoms with Gasteiger partial charge in [-0.2, -0.15) is 0 Å². The maximum atomic E-state index is 11.9. The molecular weight excluding hydrogens is 212 g/mol. The molecule has 1 aliphatic rings. The van der Waals surface area contributed by atoms with E-state index in [1.165, 1.54) is 25.7 Å². The van der Waals surface area contributed by atoms with Gasteiger partial charge in [0.15, 0.2) is 0 Å². The Morgan fingerprint density at radius 2 is 1.94 bits per heavy atom. The van der Waals surface area contributed by atoms with E-state index in [0.29, 0.717) is 6.04 Å². The molecule has 1 atom stereocenters. The standard InChI is InChI=1S/C14H28N2O/c1-4-13(5-2)16-14(17)11(3)15-10-9-12-7-6-8-12/h11-13,15H,4-10H2,1-3H3,(H,16,17). The summed E-state index contributed by atoms with van der Waals surface area (Å²) >= 11 is 0. The van der Waals surface area contributed by atoms with Crippen molar-refractivity contribution < 1.29 is 4.79 Å². The summed E-state index contributed by atoms with van der Waals surface area (Å²) < 4.78 is 0. The Morgan fingerprint density at radius 1 is 1.29 bits per heavy atom. The highest BCUT2D eigenvalue weighted by Gasteiger charge is 2.18. The molecule has 1 unspecified atom stereocenters. The van der Waals surface area contributed by atoms with Crippen molar-refractivity contribution in [1.82, 2.24) is 10.6 Å². The van der Waals surface area contributed by atoms with Crippen LogP contribution in [0.25, 0.3) is 0 Å². The molecule has 0 aromatic heterocycles. The van der Waals surface area contributed by atoms with E-state index < -0.39 is 0 Å². The normalized spacial score (nSPS) is 17.9. The van der Waals surface area contributed by atoms with Crippen LogP contribution in [0.4, 0.5) is 0 Å². The van der Waals surface area contributed by atoms with Gasteiger partial charge >= 0.3 is 0 Å². The number of rotatable bonds is 8. The first kappa shape index (κ1) is 14.5. The monoisotopic (exact) mass is 240 g/mol. The first-order valence-electron chi connectivity index (χ1n) is 7.21. The Bertz CT molecular complexity index is 222. The molecule has 1 rings (SSSR count). The Balaban J connectivity index is 2.12. The van der Waals surface area contributed by atoms with Crippen molar-refractivity contribution in [3.8, 4) is 0 Å². The number of carbonyl (C=O) groups excluding carboxylic acids is 1. The number of nitrogens with one attached hydrogen (secondary N) is 2. The van der Waals surface area contributed by atoms with Crippen LogP contribution in [0.15, 0.2) is 0 Å². The van der Waals surface area contributed by atoms with Crippen molar-refractivity contribution in [2.24, 2.45) is 5.92 Å². The fraction of sp³-hybridized carbons (Fsp3) is 0.929. The van der Waals surface area contributed by atoms with Gasteiger partial charge < -0.3 is 10.6 Å². The van der Waals surface area contributed by atoms with Crippen LogP contribution in [0.5, 0.6) is 0 Å². The van der Waals surface area contributed by atoms with Gasteiger partial charge in [0.2, 0.25) is 5.91 Å². The van der Waals surface area contributed by atoms with E-state index in [-0.39, 0.29) is 11.9 Å². The lowest BCUT2D eigenvalue weighted by Gasteiger charge is -2.26. The molecule has 17 heavy (non-hydrogen) atoms. The molecule has 1 aliphatic carbocycles. The van der Waals surface area contributed by atoms with Crippen LogP contribution >= 0.6 is 0 Å². The molecule has 0 saturated heterocycles. The quantitative estimate of drug-likeness (QED) is 0.684. The van der Waals surface area contributed by atoms with Crippen LogP contribution in [0.2, 0.25) is 0 Å². The first-order chi connectivity index (χ1) is 8.17. The molecule has 2 N–H and O–H groups in total. The molecule has 1 fully saturated rings. The lowest BCUT2D eigenvalue weighted by atomic mass is 9.83. The van der Waals surface area contributed by atoms with E-state index in [4.69, 9.17) is 0 Å². The zero-order valence-electron chi connectivity index (χ0n) is 11.6. The molecule has 0 spiro atoms. The minimum absolute atomic E-state index is 0.0596. The number of amides is 1. The maximum Gasteiger partial charge on any atom is 0.237 e. The van der Waals surface area contributed by atoms with Gasteiger partial charge in [-0.3, -0.25) is 4.79 Å². The summed E-state index contributed by atoms with van der Waals surface area (Å²) in [6.45, 7) is 7.16. The van der Waals surface area contributed by atoms with Gasteiger partial charge in [0.1, 0.15) is 0 Å². The van der Waals surface area contributed by atoms with E-state index in [0.717, 1.165) is 25.3 Å². The molecule has 3 heteroatoms. The van der Waals surface area contributed by atoms with E-state index >= 15 is 0 Å². The van der Waals surface area contributed by atoms with Crippen molar-refractivity contribution in [1.29, 1.82) is 0 Å². The number of hydrogen-bond acceptors (Lipinski definition) is 2. The van der Waals surface area contributed by atoms with Crippen LogP contribution in [0.1, 0.15) is 59.3 Å². The Hall–Kier alpha value is -0.570. The van der Waals surface area contributed by atoms with Crippen molar-refractivity contribution in [3.63, 3.8) is 0 Å². The van der Waals surface area contributed by atoms with Crippen molar-refractivity contribution in [2.45, 2.75) is 71.4 Å². The Labute approximate surface area is 106 Å². The van der Waals surface area contributed by atoms with E-state index in [9.17, 15) is 4.79 Å². The minimum Gasteiger partial charge on any atom is -0.352 e. The summed E-state index contributed by atoms with van der Waals surface area (Å²) in [5.74, 6) is 1.06. The highest BCUT2D eigenvalue weighted by atomic mass is 16.2. The second-order valence-corrected chi connectivity index (χ2v) is 5.28. The summed E-state index contributed by atoms with van der Waals surface area (Å²) in [7, 11) is 0. The fourth-order valence-electron chi connectivity index (χ4n) is 2.20. The number of hydrogen-bond donors (Lipinski definition) is 2. The van der Waals surface area contributed by atoms with E-state index in [1.807, 2.05) is 6.92 Å². The zero-order valence-corrected chi connectivity index (χ0v) is 11.6. The summed E-state index contributed by atoms with van der Waals surface area (Å²) in [6, 6.07) is 0.272. The minimum atomic E-state index is -0.0596. The van der Waals surface area contributed by atoms with Crippen LogP contribution in [0.3, 0.4) is 0 Å². The summed E-state index contributed by atoms with van der Waals surface area (Å²) in [6.07, 6.45) is 7.41. The third kappa shape index (κ3) is 5.07. The van der Waals surface area contributed by atoms with E-state index in [1.54, 1.807) is 0 Å². The first-order valence-corrected chi connectivity index (χ1v) is 7.21. The molecule has 0 heterocycles. The summed E-state index contributed by atoms with van der Waals surface area (Å²) in [5, 5.41) is 6.40. The predicted molar refractivity (Wildman–Crippen MR) is 71.9 cm³/mol. The van der Waals surface area contributed by atoms with Crippen molar-refractivity contribution in [3.05, 3.63) is 0 Å². The second-order valence-electron chi connectivity index (χ2n) is 5.28. The highest BCUT2D eigenvalue weighted by Crippen LogP contribution is 2.28. The largest absolute Gasteiger partial charge is 0.352 e. The average molecular weight is 240 g/mol. The summed E-state index contributed by atoms with van der Waals surface area (Å²) in [5.41, 5.74) is 0. The third-order valence-electron chi connectivity index (χ3n) is 3.95. The molecule has 0 aromatic carbocycles. The molecule has 0 radical (unpaired) electrons. The van der Waals surface area contributed by atoms with Crippen LogP contribution in [-0.4, -0.2) is 24.5 Å². The lowest BCUT2D eigenvalue weighted by molar-refractivity contribution is -0.123.